The maximum Gasteiger partial charge on any atom is 0.0433 e. The van der Waals surface area contributed by atoms with Crippen LogP contribution in [-0.4, -0.2) is 54.7 Å². The van der Waals surface area contributed by atoms with Crippen LogP contribution in [0, 0.1) is 5.41 Å². The van der Waals surface area contributed by atoms with Gasteiger partial charge in [0.05, 0.1) is 0 Å². The Bertz CT molecular complexity index is 496. The number of piperidine rings is 1. The first kappa shape index (κ1) is 16.9. The molecule has 0 bridgehead atoms. The summed E-state index contributed by atoms with van der Waals surface area (Å²) in [6.45, 7) is 7.56. The smallest absolute Gasteiger partial charge is 0.0433 e. The molecule has 0 aromatic heterocycles. The van der Waals surface area contributed by atoms with E-state index in [9.17, 15) is 5.11 Å². The summed E-state index contributed by atoms with van der Waals surface area (Å²) in [5, 5.41) is 9.37. The number of likely N-dealkylation sites (tertiary alicyclic amines) is 2. The van der Waals surface area contributed by atoms with Crippen molar-refractivity contribution >= 4 is 0 Å². The number of benzene rings is 1. The minimum Gasteiger partial charge on any atom is -0.396 e. The van der Waals surface area contributed by atoms with E-state index in [0.29, 0.717) is 5.41 Å². The zero-order valence-corrected chi connectivity index (χ0v) is 14.8. The highest BCUT2D eigenvalue weighted by atomic mass is 16.2. The number of aliphatic hydroxyl groups is 1. The van der Waals surface area contributed by atoms with Crippen LogP contribution in [0.5, 0.6) is 0 Å². The lowest BCUT2D eigenvalue weighted by molar-refractivity contribution is 0.0725. The van der Waals surface area contributed by atoms with E-state index in [2.05, 4.69) is 54.1 Å². The molecule has 0 amide bonds. The number of nitrogens with zero attached hydrogens (tertiary/aromatic N) is 2. The van der Waals surface area contributed by atoms with Crippen LogP contribution in [0.2, 0.25) is 0 Å². The van der Waals surface area contributed by atoms with Gasteiger partial charge in [-0.1, -0.05) is 30.3 Å². The molecule has 3 heteroatoms. The standard InChI is InChI=1S/C20H32N2O/c1-19(9-6-16-23,18-7-4-3-5-8-18)22-15-12-20(17-22)10-13-21(2)14-11-20/h3-5,7-8,23H,6,9-17H2,1-2H3. The van der Waals surface area contributed by atoms with Crippen molar-refractivity contribution < 1.29 is 5.11 Å². The lowest BCUT2D eigenvalue weighted by Crippen LogP contribution is -2.45. The fourth-order valence-electron chi connectivity index (χ4n) is 4.56. The maximum absolute atomic E-state index is 9.37. The summed E-state index contributed by atoms with van der Waals surface area (Å²) in [6.07, 6.45) is 5.92. The fourth-order valence-corrected chi connectivity index (χ4v) is 4.56. The van der Waals surface area contributed by atoms with Gasteiger partial charge in [-0.25, -0.2) is 0 Å². The van der Waals surface area contributed by atoms with Gasteiger partial charge in [0.2, 0.25) is 0 Å². The molecule has 2 heterocycles. The number of hydrogen-bond donors (Lipinski definition) is 1. The van der Waals surface area contributed by atoms with Crippen LogP contribution >= 0.6 is 0 Å². The number of aliphatic hydroxyl groups excluding tert-OH is 1. The summed E-state index contributed by atoms with van der Waals surface area (Å²) < 4.78 is 0. The molecule has 0 radical (unpaired) electrons. The van der Waals surface area contributed by atoms with Crippen LogP contribution in [0.4, 0.5) is 0 Å². The largest absolute Gasteiger partial charge is 0.396 e. The summed E-state index contributed by atoms with van der Waals surface area (Å²) in [7, 11) is 2.24. The van der Waals surface area contributed by atoms with Gasteiger partial charge in [0.15, 0.2) is 0 Å². The summed E-state index contributed by atoms with van der Waals surface area (Å²) in [4.78, 5) is 5.18. The summed E-state index contributed by atoms with van der Waals surface area (Å²) in [5.74, 6) is 0. The van der Waals surface area contributed by atoms with Gasteiger partial charge in [-0.15, -0.1) is 0 Å². The molecular weight excluding hydrogens is 284 g/mol. The van der Waals surface area contributed by atoms with Gasteiger partial charge >= 0.3 is 0 Å². The van der Waals surface area contributed by atoms with Crippen LogP contribution in [-0.2, 0) is 5.54 Å². The molecule has 1 aromatic carbocycles. The van der Waals surface area contributed by atoms with E-state index in [-0.39, 0.29) is 12.1 Å². The summed E-state index contributed by atoms with van der Waals surface area (Å²) >= 11 is 0. The first-order valence-corrected chi connectivity index (χ1v) is 9.18. The Morgan fingerprint density at radius 1 is 1.09 bits per heavy atom. The number of hydrogen-bond acceptors (Lipinski definition) is 3. The highest BCUT2D eigenvalue weighted by Gasteiger charge is 2.45. The first-order valence-electron chi connectivity index (χ1n) is 9.18. The molecule has 2 fully saturated rings. The van der Waals surface area contributed by atoms with E-state index in [1.165, 1.54) is 51.0 Å². The molecule has 3 rings (SSSR count). The first-order chi connectivity index (χ1) is 11.1. The second-order valence-electron chi connectivity index (χ2n) is 7.94. The third-order valence-corrected chi connectivity index (χ3v) is 6.40. The van der Waals surface area contributed by atoms with Crippen molar-refractivity contribution in [3.05, 3.63) is 35.9 Å². The third kappa shape index (κ3) is 3.47. The van der Waals surface area contributed by atoms with Gasteiger partial charge in [-0.2, -0.15) is 0 Å². The zero-order chi connectivity index (χ0) is 16.3. The van der Waals surface area contributed by atoms with E-state index >= 15 is 0 Å². The number of rotatable bonds is 5. The van der Waals surface area contributed by atoms with Crippen molar-refractivity contribution in [3.63, 3.8) is 0 Å². The van der Waals surface area contributed by atoms with Gasteiger partial charge in [0.25, 0.3) is 0 Å². The lowest BCUT2D eigenvalue weighted by Gasteiger charge is -2.43. The molecule has 2 saturated heterocycles. The summed E-state index contributed by atoms with van der Waals surface area (Å²) in [6, 6.07) is 10.9. The minimum atomic E-state index is 0.0524. The Labute approximate surface area is 141 Å². The molecular formula is C20H32N2O. The van der Waals surface area contributed by atoms with Crippen LogP contribution in [0.25, 0.3) is 0 Å². The molecule has 1 N–H and O–H groups in total. The van der Waals surface area contributed by atoms with Crippen LogP contribution in [0.15, 0.2) is 30.3 Å². The molecule has 2 aliphatic rings. The lowest BCUT2D eigenvalue weighted by atomic mass is 9.77. The van der Waals surface area contributed by atoms with E-state index < -0.39 is 0 Å². The monoisotopic (exact) mass is 316 g/mol. The molecule has 1 unspecified atom stereocenters. The fraction of sp³-hybridized carbons (Fsp3) is 0.700. The topological polar surface area (TPSA) is 26.7 Å². The van der Waals surface area contributed by atoms with Crippen molar-refractivity contribution in [2.45, 2.75) is 44.6 Å². The van der Waals surface area contributed by atoms with Crippen LogP contribution in [0.1, 0.15) is 44.6 Å². The Morgan fingerprint density at radius 2 is 1.74 bits per heavy atom. The maximum atomic E-state index is 9.37. The van der Waals surface area contributed by atoms with Crippen LogP contribution in [0.3, 0.4) is 0 Å². The highest BCUT2D eigenvalue weighted by molar-refractivity contribution is 5.24. The second-order valence-corrected chi connectivity index (χ2v) is 7.94. The zero-order valence-electron chi connectivity index (χ0n) is 14.8. The molecule has 1 spiro atoms. The van der Waals surface area contributed by atoms with Crippen LogP contribution < -0.4 is 0 Å². The predicted octanol–water partition coefficient (Wildman–Crippen LogP) is 3.09. The Morgan fingerprint density at radius 3 is 2.39 bits per heavy atom. The molecule has 1 aromatic rings. The van der Waals surface area contributed by atoms with E-state index in [1.807, 2.05) is 0 Å². The van der Waals surface area contributed by atoms with Crippen molar-refractivity contribution in [3.8, 4) is 0 Å². The Balaban J connectivity index is 1.78. The average Bonchev–Trinajstić information content (AvgIpc) is 3.01. The van der Waals surface area contributed by atoms with Gasteiger partial charge in [0, 0.05) is 18.7 Å². The third-order valence-electron chi connectivity index (χ3n) is 6.40. The highest BCUT2D eigenvalue weighted by Crippen LogP contribution is 2.45. The normalized spacial score (nSPS) is 24.8. The van der Waals surface area contributed by atoms with Crippen molar-refractivity contribution in [2.24, 2.45) is 5.41 Å². The molecule has 23 heavy (non-hydrogen) atoms. The van der Waals surface area contributed by atoms with Crippen molar-refractivity contribution in [1.82, 2.24) is 9.80 Å². The molecule has 0 aliphatic carbocycles. The SMILES string of the molecule is CN1CCC2(CC1)CCN(C(C)(CCCO)c1ccccc1)C2. The molecule has 128 valence electrons. The van der Waals surface area contributed by atoms with E-state index in [0.717, 1.165) is 12.8 Å². The van der Waals surface area contributed by atoms with Gasteiger partial charge in [-0.05, 0) is 76.7 Å². The average molecular weight is 316 g/mol. The van der Waals surface area contributed by atoms with Gasteiger partial charge in [0.1, 0.15) is 0 Å². The molecule has 0 saturated carbocycles. The van der Waals surface area contributed by atoms with Gasteiger partial charge < -0.3 is 10.0 Å². The predicted molar refractivity (Wildman–Crippen MR) is 95.5 cm³/mol. The Kier molecular flexibility index (Phi) is 5.10. The molecule has 2 aliphatic heterocycles. The van der Waals surface area contributed by atoms with E-state index in [4.69, 9.17) is 0 Å². The quantitative estimate of drug-likeness (QED) is 0.904. The summed E-state index contributed by atoms with van der Waals surface area (Å²) in [5.41, 5.74) is 1.98. The van der Waals surface area contributed by atoms with E-state index in [1.54, 1.807) is 0 Å². The van der Waals surface area contributed by atoms with Crippen molar-refractivity contribution in [1.29, 1.82) is 0 Å². The molecule has 3 nitrogen and oxygen atoms in total. The Hall–Kier alpha value is -0.900. The second kappa shape index (κ2) is 6.92. The van der Waals surface area contributed by atoms with Crippen molar-refractivity contribution in [2.75, 3.05) is 39.8 Å². The minimum absolute atomic E-state index is 0.0524. The van der Waals surface area contributed by atoms with Gasteiger partial charge in [-0.3, -0.25) is 4.90 Å². The molecule has 1 atom stereocenters.